The number of carbonyl (C=O) groups is 1. The lowest BCUT2D eigenvalue weighted by Crippen LogP contribution is -2.39. The average Bonchev–Trinajstić information content (AvgIpc) is 3.23. The molecular formula is C16H19N5OS. The molecule has 0 bridgehead atoms. The van der Waals surface area contributed by atoms with Crippen molar-refractivity contribution in [2.45, 2.75) is 32.4 Å². The maximum Gasteiger partial charge on any atom is 0.239 e. The first-order chi connectivity index (χ1) is 11.2. The molecule has 2 aromatic heterocycles. The maximum absolute atomic E-state index is 12.3. The van der Waals surface area contributed by atoms with Crippen molar-refractivity contribution in [2.75, 3.05) is 18.4 Å². The summed E-state index contributed by atoms with van der Waals surface area (Å²) in [5.74, 6) is -0.0625. The zero-order valence-corrected chi connectivity index (χ0v) is 13.8. The van der Waals surface area contributed by atoms with Gasteiger partial charge in [-0.25, -0.2) is 0 Å². The summed E-state index contributed by atoms with van der Waals surface area (Å²) < 4.78 is 1.95. The second-order valence-corrected chi connectivity index (χ2v) is 6.75. The number of likely N-dealkylation sites (tertiary alicyclic amines) is 1. The Morgan fingerprint density at radius 3 is 3.22 bits per heavy atom. The van der Waals surface area contributed by atoms with Gasteiger partial charge in [0.05, 0.1) is 24.8 Å². The number of carbonyl (C=O) groups excluding carboxylic acids is 1. The van der Waals surface area contributed by atoms with E-state index >= 15 is 0 Å². The summed E-state index contributed by atoms with van der Waals surface area (Å²) >= 11 is 1.38. The van der Waals surface area contributed by atoms with Crippen LogP contribution < -0.4 is 5.32 Å². The van der Waals surface area contributed by atoms with Gasteiger partial charge in [-0.1, -0.05) is 0 Å². The third kappa shape index (κ3) is 3.78. The molecule has 1 atom stereocenters. The molecule has 1 saturated heterocycles. The normalized spacial score (nSPS) is 18.0. The summed E-state index contributed by atoms with van der Waals surface area (Å²) in [7, 11) is 0. The summed E-state index contributed by atoms with van der Waals surface area (Å²) in [6, 6.07) is 4.14. The van der Waals surface area contributed by atoms with Crippen LogP contribution in [0.1, 0.15) is 24.0 Å². The van der Waals surface area contributed by atoms with Crippen LogP contribution in [0.15, 0.2) is 23.8 Å². The predicted molar refractivity (Wildman–Crippen MR) is 89.2 cm³/mol. The van der Waals surface area contributed by atoms with E-state index in [0.29, 0.717) is 23.2 Å². The second kappa shape index (κ2) is 6.94. The molecule has 3 heterocycles. The van der Waals surface area contributed by atoms with E-state index in [2.05, 4.69) is 21.4 Å². The van der Waals surface area contributed by atoms with E-state index in [-0.39, 0.29) is 5.91 Å². The molecule has 7 heteroatoms. The SMILES string of the molecule is Cc1cnn(C[C@H]2CCCN2CC(=O)Nc2sccc2C#N)c1. The number of hydrogen-bond acceptors (Lipinski definition) is 5. The number of aromatic nitrogens is 2. The highest BCUT2D eigenvalue weighted by Crippen LogP contribution is 2.23. The lowest BCUT2D eigenvalue weighted by Gasteiger charge is -2.23. The highest BCUT2D eigenvalue weighted by molar-refractivity contribution is 7.14. The van der Waals surface area contributed by atoms with Crippen molar-refractivity contribution in [3.63, 3.8) is 0 Å². The van der Waals surface area contributed by atoms with Crippen LogP contribution in [0.2, 0.25) is 0 Å². The van der Waals surface area contributed by atoms with E-state index in [9.17, 15) is 4.79 Å². The van der Waals surface area contributed by atoms with Crippen molar-refractivity contribution in [3.05, 3.63) is 35.0 Å². The molecular weight excluding hydrogens is 310 g/mol. The Labute approximate surface area is 139 Å². The van der Waals surface area contributed by atoms with Gasteiger partial charge in [-0.3, -0.25) is 14.4 Å². The van der Waals surface area contributed by atoms with Gasteiger partial charge in [0.25, 0.3) is 0 Å². The van der Waals surface area contributed by atoms with Crippen molar-refractivity contribution in [3.8, 4) is 6.07 Å². The molecule has 1 aliphatic heterocycles. The van der Waals surface area contributed by atoms with Crippen LogP contribution in [0.3, 0.4) is 0 Å². The number of nitrogens with one attached hydrogen (secondary N) is 1. The molecule has 0 radical (unpaired) electrons. The number of amides is 1. The molecule has 0 unspecified atom stereocenters. The standard InChI is InChI=1S/C16H19N5OS/c1-12-8-18-21(9-12)10-14-3-2-5-20(14)11-15(22)19-16-13(7-17)4-6-23-16/h4,6,8-9,14H,2-3,5,10-11H2,1H3,(H,19,22)/t14-/m1/s1. The molecule has 2 aromatic rings. The van der Waals surface area contributed by atoms with Gasteiger partial charge in [-0.05, 0) is 43.3 Å². The Morgan fingerprint density at radius 1 is 1.61 bits per heavy atom. The first-order valence-corrected chi connectivity index (χ1v) is 8.54. The number of rotatable bonds is 5. The van der Waals surface area contributed by atoms with E-state index in [1.54, 1.807) is 6.07 Å². The highest BCUT2D eigenvalue weighted by atomic mass is 32.1. The number of hydrogen-bond donors (Lipinski definition) is 1. The van der Waals surface area contributed by atoms with Gasteiger partial charge in [0.1, 0.15) is 11.1 Å². The molecule has 0 aromatic carbocycles. The quantitative estimate of drug-likeness (QED) is 0.913. The molecule has 0 aliphatic carbocycles. The highest BCUT2D eigenvalue weighted by Gasteiger charge is 2.27. The number of nitriles is 1. The van der Waals surface area contributed by atoms with Crippen molar-refractivity contribution in [1.29, 1.82) is 5.26 Å². The van der Waals surface area contributed by atoms with Gasteiger partial charge in [-0.15, -0.1) is 11.3 Å². The topological polar surface area (TPSA) is 74.0 Å². The molecule has 3 rings (SSSR count). The van der Waals surface area contributed by atoms with Gasteiger partial charge < -0.3 is 5.32 Å². The van der Waals surface area contributed by atoms with Crippen molar-refractivity contribution in [2.24, 2.45) is 0 Å². The molecule has 0 spiro atoms. The zero-order valence-electron chi connectivity index (χ0n) is 13.0. The Hall–Kier alpha value is -2.17. The fraction of sp³-hybridized carbons (Fsp3) is 0.438. The van der Waals surface area contributed by atoms with E-state index in [4.69, 9.17) is 5.26 Å². The largest absolute Gasteiger partial charge is 0.315 e. The molecule has 0 saturated carbocycles. The number of anilines is 1. The molecule has 1 N–H and O–H groups in total. The summed E-state index contributed by atoms with van der Waals surface area (Å²) in [6.45, 7) is 4.11. The molecule has 1 amide bonds. The Bertz CT molecular complexity index is 729. The van der Waals surface area contributed by atoms with Crippen LogP contribution in [0.25, 0.3) is 0 Å². The van der Waals surface area contributed by atoms with E-state index in [0.717, 1.165) is 31.5 Å². The van der Waals surface area contributed by atoms with Gasteiger partial charge in [-0.2, -0.15) is 10.4 Å². The first kappa shape index (κ1) is 15.7. The number of nitrogens with zero attached hydrogens (tertiary/aromatic N) is 4. The fourth-order valence-electron chi connectivity index (χ4n) is 2.94. The smallest absolute Gasteiger partial charge is 0.239 e. The van der Waals surface area contributed by atoms with Gasteiger partial charge in [0.2, 0.25) is 5.91 Å². The van der Waals surface area contributed by atoms with Crippen molar-refractivity contribution in [1.82, 2.24) is 14.7 Å². The molecule has 120 valence electrons. The second-order valence-electron chi connectivity index (χ2n) is 5.83. The molecule has 1 fully saturated rings. The van der Waals surface area contributed by atoms with Crippen molar-refractivity contribution < 1.29 is 4.79 Å². The van der Waals surface area contributed by atoms with Crippen molar-refractivity contribution >= 4 is 22.2 Å². The number of thiophene rings is 1. The zero-order chi connectivity index (χ0) is 16.2. The Balaban J connectivity index is 1.58. The average molecular weight is 329 g/mol. The molecule has 23 heavy (non-hydrogen) atoms. The summed E-state index contributed by atoms with van der Waals surface area (Å²) in [5.41, 5.74) is 1.67. The van der Waals surface area contributed by atoms with Crippen LogP contribution in [0, 0.1) is 18.3 Å². The van der Waals surface area contributed by atoms with E-state index in [1.165, 1.54) is 11.3 Å². The van der Waals surface area contributed by atoms with Crippen LogP contribution in [-0.4, -0.2) is 39.7 Å². The number of aryl methyl sites for hydroxylation is 1. The predicted octanol–water partition coefficient (Wildman–Crippen LogP) is 2.23. The van der Waals surface area contributed by atoms with Crippen LogP contribution >= 0.6 is 11.3 Å². The minimum atomic E-state index is -0.0625. The van der Waals surface area contributed by atoms with E-state index in [1.807, 2.05) is 29.4 Å². The van der Waals surface area contributed by atoms with Gasteiger partial charge >= 0.3 is 0 Å². The minimum absolute atomic E-state index is 0.0625. The lowest BCUT2D eigenvalue weighted by atomic mass is 10.2. The maximum atomic E-state index is 12.3. The van der Waals surface area contributed by atoms with Crippen LogP contribution in [-0.2, 0) is 11.3 Å². The fourth-order valence-corrected chi connectivity index (χ4v) is 3.69. The van der Waals surface area contributed by atoms with Crippen LogP contribution in [0.4, 0.5) is 5.00 Å². The minimum Gasteiger partial charge on any atom is -0.315 e. The summed E-state index contributed by atoms with van der Waals surface area (Å²) in [6.07, 6.45) is 6.06. The Morgan fingerprint density at radius 2 is 2.48 bits per heavy atom. The van der Waals surface area contributed by atoms with Gasteiger partial charge in [0, 0.05) is 12.2 Å². The molecule has 6 nitrogen and oxygen atoms in total. The monoisotopic (exact) mass is 329 g/mol. The summed E-state index contributed by atoms with van der Waals surface area (Å²) in [5, 5.41) is 18.6. The lowest BCUT2D eigenvalue weighted by molar-refractivity contribution is -0.117. The molecule has 1 aliphatic rings. The third-order valence-corrected chi connectivity index (χ3v) is 4.87. The van der Waals surface area contributed by atoms with Gasteiger partial charge in [0.15, 0.2) is 0 Å². The Kier molecular flexibility index (Phi) is 4.74. The summed E-state index contributed by atoms with van der Waals surface area (Å²) in [4.78, 5) is 14.5. The van der Waals surface area contributed by atoms with Crippen LogP contribution in [0.5, 0.6) is 0 Å². The van der Waals surface area contributed by atoms with E-state index < -0.39 is 0 Å². The third-order valence-electron chi connectivity index (χ3n) is 4.04. The first-order valence-electron chi connectivity index (χ1n) is 7.66.